The first-order valence-electron chi connectivity index (χ1n) is 8.72. The average molecular weight is 385 g/mol. The zero-order chi connectivity index (χ0) is 18.8. The van der Waals surface area contributed by atoms with Crippen LogP contribution in [0.15, 0.2) is 41.3 Å². The highest BCUT2D eigenvalue weighted by molar-refractivity contribution is 7.20. The van der Waals surface area contributed by atoms with Gasteiger partial charge in [0.25, 0.3) is 16.7 Å². The molecule has 0 aliphatic carbocycles. The van der Waals surface area contributed by atoms with Gasteiger partial charge in [0, 0.05) is 38.2 Å². The van der Waals surface area contributed by atoms with Crippen LogP contribution in [0.4, 0.5) is 0 Å². The molecule has 1 N–H and O–H groups in total. The van der Waals surface area contributed by atoms with E-state index in [1.165, 1.54) is 17.5 Å². The summed E-state index contributed by atoms with van der Waals surface area (Å²) in [6.07, 6.45) is 2.93. The van der Waals surface area contributed by atoms with E-state index in [4.69, 9.17) is 9.47 Å². The number of carbonyl (C=O) groups excluding carboxylic acids is 1. The number of nitrogens with zero attached hydrogens (tertiary/aromatic N) is 2. The van der Waals surface area contributed by atoms with Gasteiger partial charge in [0.1, 0.15) is 17.4 Å². The van der Waals surface area contributed by atoms with Crippen LogP contribution < -0.4 is 15.0 Å². The zero-order valence-corrected chi connectivity index (χ0v) is 15.6. The summed E-state index contributed by atoms with van der Waals surface area (Å²) in [6.45, 7) is 1.10. The number of hydrogen-bond acceptors (Lipinski definition) is 6. The Labute approximate surface area is 159 Å². The van der Waals surface area contributed by atoms with E-state index >= 15 is 0 Å². The topological polar surface area (TPSA) is 84.5 Å². The number of ether oxygens (including phenoxy) is 2. The summed E-state index contributed by atoms with van der Waals surface area (Å²) in [5, 5.41) is 0.627. The highest BCUT2D eigenvalue weighted by Crippen LogP contribution is 2.32. The fourth-order valence-corrected chi connectivity index (χ4v) is 4.00. The fourth-order valence-electron chi connectivity index (χ4n) is 3.14. The molecule has 0 spiro atoms. The van der Waals surface area contributed by atoms with E-state index in [1.54, 1.807) is 24.1 Å². The number of piperidine rings is 1. The van der Waals surface area contributed by atoms with Gasteiger partial charge < -0.3 is 19.4 Å². The minimum atomic E-state index is -0.356. The van der Waals surface area contributed by atoms with Gasteiger partial charge >= 0.3 is 0 Å². The molecule has 1 aromatic carbocycles. The van der Waals surface area contributed by atoms with E-state index in [2.05, 4.69) is 9.97 Å². The van der Waals surface area contributed by atoms with Gasteiger partial charge in [-0.15, -0.1) is 0 Å². The van der Waals surface area contributed by atoms with Crippen molar-refractivity contribution in [1.29, 1.82) is 0 Å². The molecule has 0 atom stereocenters. The van der Waals surface area contributed by atoms with Crippen molar-refractivity contribution in [2.75, 3.05) is 20.2 Å². The van der Waals surface area contributed by atoms with Crippen LogP contribution in [-0.2, 0) is 0 Å². The lowest BCUT2D eigenvalue weighted by molar-refractivity contribution is 0.0594. The number of fused-ring (bicyclic) bond motifs is 1. The molecular formula is C19H19N3O4S. The highest BCUT2D eigenvalue weighted by atomic mass is 32.1. The van der Waals surface area contributed by atoms with Gasteiger partial charge in [0.05, 0.1) is 17.3 Å². The number of likely N-dealkylation sites (tertiary alicyclic amines) is 1. The largest absolute Gasteiger partial charge is 0.497 e. The maximum absolute atomic E-state index is 12.5. The van der Waals surface area contributed by atoms with Gasteiger partial charge in [0.2, 0.25) is 0 Å². The van der Waals surface area contributed by atoms with Gasteiger partial charge in [-0.2, -0.15) is 0 Å². The molecule has 0 radical (unpaired) electrons. The molecule has 1 aliphatic rings. The zero-order valence-electron chi connectivity index (χ0n) is 14.8. The molecule has 1 aliphatic heterocycles. The predicted molar refractivity (Wildman–Crippen MR) is 103 cm³/mol. The second kappa shape index (κ2) is 7.40. The molecule has 140 valence electrons. The Bertz CT molecular complexity index is 1020. The minimum absolute atomic E-state index is 0.00515. The quantitative estimate of drug-likeness (QED) is 0.746. The van der Waals surface area contributed by atoms with E-state index in [9.17, 15) is 9.59 Å². The first-order chi connectivity index (χ1) is 13.1. The first kappa shape index (κ1) is 17.5. The van der Waals surface area contributed by atoms with Crippen molar-refractivity contribution >= 4 is 27.5 Å². The molecule has 1 amide bonds. The third-order valence-corrected chi connectivity index (χ3v) is 5.55. The average Bonchev–Trinajstić information content (AvgIpc) is 3.09. The monoisotopic (exact) mass is 385 g/mol. The van der Waals surface area contributed by atoms with Crippen molar-refractivity contribution in [2.45, 2.75) is 18.9 Å². The maximum atomic E-state index is 12.5. The van der Waals surface area contributed by atoms with Crippen LogP contribution in [0, 0.1) is 0 Å². The van der Waals surface area contributed by atoms with Crippen LogP contribution in [0.1, 0.15) is 23.2 Å². The molecule has 1 saturated heterocycles. The van der Waals surface area contributed by atoms with E-state index in [1.807, 2.05) is 18.2 Å². The molecule has 7 nitrogen and oxygen atoms in total. The summed E-state index contributed by atoms with van der Waals surface area (Å²) in [5.74, 6) is 0.532. The van der Waals surface area contributed by atoms with Crippen molar-refractivity contribution in [2.24, 2.45) is 0 Å². The lowest BCUT2D eigenvalue weighted by Crippen LogP contribution is -2.43. The van der Waals surface area contributed by atoms with Gasteiger partial charge in [-0.1, -0.05) is 11.3 Å². The number of aromatic amines is 1. The summed E-state index contributed by atoms with van der Waals surface area (Å²) in [7, 11) is 1.63. The van der Waals surface area contributed by atoms with E-state index < -0.39 is 0 Å². The minimum Gasteiger partial charge on any atom is -0.497 e. The molecule has 4 rings (SSSR count). The number of pyridine rings is 1. The van der Waals surface area contributed by atoms with Crippen molar-refractivity contribution in [3.05, 3.63) is 52.4 Å². The smallest absolute Gasteiger partial charge is 0.274 e. The molecule has 0 bridgehead atoms. The molecule has 0 saturated carbocycles. The lowest BCUT2D eigenvalue weighted by atomic mass is 10.1. The van der Waals surface area contributed by atoms with E-state index in [0.29, 0.717) is 31.1 Å². The van der Waals surface area contributed by atoms with Crippen LogP contribution in [-0.4, -0.2) is 47.1 Å². The number of carbonyl (C=O) groups is 1. The molecular weight excluding hydrogens is 366 g/mol. The summed E-state index contributed by atoms with van der Waals surface area (Å²) in [6, 6.07) is 8.97. The number of amides is 1. The van der Waals surface area contributed by atoms with Gasteiger partial charge in [-0.3, -0.25) is 9.59 Å². The van der Waals surface area contributed by atoms with Crippen molar-refractivity contribution in [3.8, 4) is 10.9 Å². The third kappa shape index (κ3) is 3.66. The molecule has 8 heteroatoms. The van der Waals surface area contributed by atoms with Gasteiger partial charge in [-0.05, 0) is 24.3 Å². The van der Waals surface area contributed by atoms with Gasteiger partial charge in [0.15, 0.2) is 0 Å². The number of H-pyrrole nitrogens is 1. The Morgan fingerprint density at radius 3 is 2.85 bits per heavy atom. The SMILES string of the molecule is COc1ccc2sc(OC3CCN(C(=O)c4ccc[nH]c4=O)CC3)nc2c1. The van der Waals surface area contributed by atoms with Gasteiger partial charge in [-0.25, -0.2) is 4.98 Å². The summed E-state index contributed by atoms with van der Waals surface area (Å²) < 4.78 is 12.3. The van der Waals surface area contributed by atoms with Crippen LogP contribution in [0.3, 0.4) is 0 Å². The van der Waals surface area contributed by atoms with Crippen molar-refractivity contribution in [3.63, 3.8) is 0 Å². The number of aromatic nitrogens is 2. The number of rotatable bonds is 4. The Balaban J connectivity index is 1.39. The molecule has 0 unspecified atom stereocenters. The van der Waals surface area contributed by atoms with Crippen LogP contribution in [0.5, 0.6) is 10.9 Å². The number of thiazole rings is 1. The third-order valence-electron chi connectivity index (χ3n) is 4.62. The lowest BCUT2D eigenvalue weighted by Gasteiger charge is -2.31. The van der Waals surface area contributed by atoms with Crippen LogP contribution >= 0.6 is 11.3 Å². The molecule has 27 heavy (non-hydrogen) atoms. The molecule has 1 fully saturated rings. The standard InChI is InChI=1S/C19H19N3O4S/c1-25-13-4-5-16-15(11-13)21-19(27-16)26-12-6-9-22(10-7-12)18(24)14-3-2-8-20-17(14)23/h2-5,8,11-12H,6-7,9-10H2,1H3,(H,20,23). The number of methoxy groups -OCH3 is 1. The predicted octanol–water partition coefficient (Wildman–Crippen LogP) is 2.68. The van der Waals surface area contributed by atoms with Crippen molar-refractivity contribution in [1.82, 2.24) is 14.9 Å². The number of nitrogens with one attached hydrogen (secondary N) is 1. The Hall–Kier alpha value is -2.87. The Morgan fingerprint density at radius 2 is 2.11 bits per heavy atom. The van der Waals surface area contributed by atoms with E-state index in [0.717, 1.165) is 16.0 Å². The fraction of sp³-hybridized carbons (Fsp3) is 0.316. The second-order valence-electron chi connectivity index (χ2n) is 6.34. The Kier molecular flexibility index (Phi) is 4.81. The van der Waals surface area contributed by atoms with E-state index in [-0.39, 0.29) is 23.1 Å². The van der Waals surface area contributed by atoms with Crippen molar-refractivity contribution < 1.29 is 14.3 Å². The summed E-state index contributed by atoms with van der Waals surface area (Å²) >= 11 is 1.50. The molecule has 2 aromatic heterocycles. The number of benzene rings is 1. The molecule has 3 heterocycles. The Morgan fingerprint density at radius 1 is 1.30 bits per heavy atom. The molecule has 3 aromatic rings. The normalized spacial score (nSPS) is 15.1. The van der Waals surface area contributed by atoms with Crippen LogP contribution in [0.2, 0.25) is 0 Å². The maximum Gasteiger partial charge on any atom is 0.274 e. The summed E-state index contributed by atoms with van der Waals surface area (Å²) in [4.78, 5) is 33.1. The first-order valence-corrected chi connectivity index (χ1v) is 9.54. The van der Waals surface area contributed by atoms with Crippen LogP contribution in [0.25, 0.3) is 10.2 Å². The number of hydrogen-bond donors (Lipinski definition) is 1. The summed E-state index contributed by atoms with van der Waals surface area (Å²) in [5.41, 5.74) is 0.674. The highest BCUT2D eigenvalue weighted by Gasteiger charge is 2.26. The second-order valence-corrected chi connectivity index (χ2v) is 7.33.